The average Bonchev–Trinajstić information content (AvgIpc) is 2.73. The van der Waals surface area contributed by atoms with E-state index in [0.717, 1.165) is 16.9 Å². The summed E-state index contributed by atoms with van der Waals surface area (Å²) in [6.45, 7) is 5.06. The van der Waals surface area contributed by atoms with Crippen LogP contribution in [-0.2, 0) is 16.1 Å². The second-order valence-electron chi connectivity index (χ2n) is 6.63. The first-order valence-corrected chi connectivity index (χ1v) is 10.9. The molecular formula is C23H30N2O2S. The number of rotatable bonds is 11. The van der Waals surface area contributed by atoms with Crippen LogP contribution in [0.15, 0.2) is 65.6 Å². The highest BCUT2D eigenvalue weighted by atomic mass is 32.2. The van der Waals surface area contributed by atoms with Gasteiger partial charge in [0.1, 0.15) is 6.04 Å². The fourth-order valence-corrected chi connectivity index (χ4v) is 3.84. The van der Waals surface area contributed by atoms with E-state index in [0.29, 0.717) is 31.7 Å². The highest BCUT2D eigenvalue weighted by molar-refractivity contribution is 7.99. The van der Waals surface area contributed by atoms with E-state index in [1.54, 1.807) is 16.7 Å². The smallest absolute Gasteiger partial charge is 0.242 e. The second-order valence-corrected chi connectivity index (χ2v) is 7.80. The van der Waals surface area contributed by atoms with Crippen molar-refractivity contribution in [3.8, 4) is 0 Å². The number of carbonyl (C=O) groups is 2. The molecule has 2 aromatic carbocycles. The quantitative estimate of drug-likeness (QED) is 0.567. The van der Waals surface area contributed by atoms with Crippen LogP contribution in [0.25, 0.3) is 0 Å². The lowest BCUT2D eigenvalue weighted by atomic mass is 10.1. The number of amides is 2. The zero-order valence-corrected chi connectivity index (χ0v) is 17.6. The van der Waals surface area contributed by atoms with E-state index in [1.807, 2.05) is 74.5 Å². The summed E-state index contributed by atoms with van der Waals surface area (Å²) in [5, 5.41) is 2.95. The van der Waals surface area contributed by atoms with Crippen molar-refractivity contribution in [3.63, 3.8) is 0 Å². The standard InChI is InChI=1S/C23H30N2O2S/c1-3-16-24-23(27)21(4-2)25(18-19-11-7-5-8-12-19)22(26)15-17-28-20-13-9-6-10-14-20/h5-14,21H,3-4,15-18H2,1-2H3,(H,24,27). The van der Waals surface area contributed by atoms with Crippen molar-refractivity contribution >= 4 is 23.6 Å². The molecule has 0 bridgehead atoms. The Balaban J connectivity index is 2.06. The number of hydrogen-bond donors (Lipinski definition) is 1. The number of benzene rings is 2. The van der Waals surface area contributed by atoms with Gasteiger partial charge in [-0.25, -0.2) is 0 Å². The molecule has 1 N–H and O–H groups in total. The van der Waals surface area contributed by atoms with Gasteiger partial charge in [0.05, 0.1) is 0 Å². The molecule has 150 valence electrons. The number of nitrogens with zero attached hydrogens (tertiary/aromatic N) is 1. The fraction of sp³-hybridized carbons (Fsp3) is 0.391. The predicted octanol–water partition coefficient (Wildman–Crippen LogP) is 4.50. The molecule has 28 heavy (non-hydrogen) atoms. The van der Waals surface area contributed by atoms with Gasteiger partial charge in [0, 0.05) is 30.2 Å². The lowest BCUT2D eigenvalue weighted by molar-refractivity contribution is -0.141. The lowest BCUT2D eigenvalue weighted by Gasteiger charge is -2.30. The molecule has 2 aromatic rings. The molecule has 0 fully saturated rings. The van der Waals surface area contributed by atoms with Crippen molar-refractivity contribution in [1.29, 1.82) is 0 Å². The molecule has 0 aliphatic heterocycles. The van der Waals surface area contributed by atoms with Crippen LogP contribution < -0.4 is 5.32 Å². The third kappa shape index (κ3) is 7.04. The van der Waals surface area contributed by atoms with E-state index >= 15 is 0 Å². The van der Waals surface area contributed by atoms with Crippen LogP contribution >= 0.6 is 11.8 Å². The maximum atomic E-state index is 13.0. The molecule has 2 rings (SSSR count). The summed E-state index contributed by atoms with van der Waals surface area (Å²) in [6.07, 6.45) is 1.88. The summed E-state index contributed by atoms with van der Waals surface area (Å²) < 4.78 is 0. The first-order chi connectivity index (χ1) is 13.7. The first-order valence-electron chi connectivity index (χ1n) is 9.94. The van der Waals surface area contributed by atoms with Crippen LogP contribution in [0.4, 0.5) is 0 Å². The Labute approximate surface area is 172 Å². The molecule has 1 atom stereocenters. The minimum atomic E-state index is -0.444. The zero-order valence-electron chi connectivity index (χ0n) is 16.8. The number of nitrogens with one attached hydrogen (secondary N) is 1. The van der Waals surface area contributed by atoms with Gasteiger partial charge in [0.25, 0.3) is 0 Å². The minimum absolute atomic E-state index is 0.0192. The van der Waals surface area contributed by atoms with E-state index in [1.165, 1.54) is 0 Å². The van der Waals surface area contributed by atoms with E-state index in [2.05, 4.69) is 5.32 Å². The maximum Gasteiger partial charge on any atom is 0.242 e. The van der Waals surface area contributed by atoms with Crippen LogP contribution in [0.3, 0.4) is 0 Å². The van der Waals surface area contributed by atoms with E-state index in [-0.39, 0.29) is 11.8 Å². The van der Waals surface area contributed by atoms with Crippen molar-refractivity contribution in [3.05, 3.63) is 66.2 Å². The summed E-state index contributed by atoms with van der Waals surface area (Å²) in [5.41, 5.74) is 1.04. The Morgan fingerprint density at radius 3 is 2.25 bits per heavy atom. The van der Waals surface area contributed by atoms with Gasteiger partial charge in [0.2, 0.25) is 11.8 Å². The molecule has 0 aromatic heterocycles. The van der Waals surface area contributed by atoms with Crippen LogP contribution in [0.5, 0.6) is 0 Å². The normalized spacial score (nSPS) is 11.6. The molecule has 0 saturated carbocycles. The SMILES string of the molecule is CCCNC(=O)C(CC)N(Cc1ccccc1)C(=O)CCSc1ccccc1. The van der Waals surface area contributed by atoms with Crippen molar-refractivity contribution in [2.24, 2.45) is 0 Å². The Morgan fingerprint density at radius 2 is 1.64 bits per heavy atom. The molecule has 0 aliphatic carbocycles. The summed E-state index contributed by atoms with van der Waals surface area (Å²) in [7, 11) is 0. The number of thioether (sulfide) groups is 1. The van der Waals surface area contributed by atoms with Gasteiger partial charge < -0.3 is 10.2 Å². The van der Waals surface area contributed by atoms with E-state index < -0.39 is 6.04 Å². The monoisotopic (exact) mass is 398 g/mol. The third-order valence-electron chi connectivity index (χ3n) is 4.46. The Hall–Kier alpha value is -2.27. The van der Waals surface area contributed by atoms with Gasteiger partial charge in [-0.15, -0.1) is 11.8 Å². The van der Waals surface area contributed by atoms with Gasteiger partial charge in [-0.2, -0.15) is 0 Å². The van der Waals surface area contributed by atoms with Gasteiger partial charge in [-0.1, -0.05) is 62.4 Å². The van der Waals surface area contributed by atoms with Crippen molar-refractivity contribution in [2.45, 2.75) is 50.6 Å². The molecule has 4 nitrogen and oxygen atoms in total. The van der Waals surface area contributed by atoms with Crippen molar-refractivity contribution in [2.75, 3.05) is 12.3 Å². The van der Waals surface area contributed by atoms with Crippen molar-refractivity contribution in [1.82, 2.24) is 10.2 Å². The lowest BCUT2D eigenvalue weighted by Crippen LogP contribution is -2.49. The molecule has 0 aliphatic rings. The van der Waals surface area contributed by atoms with Gasteiger partial charge >= 0.3 is 0 Å². The summed E-state index contributed by atoms with van der Waals surface area (Å²) >= 11 is 1.67. The molecule has 1 unspecified atom stereocenters. The number of carbonyl (C=O) groups excluding carboxylic acids is 2. The van der Waals surface area contributed by atoms with Crippen molar-refractivity contribution < 1.29 is 9.59 Å². The topological polar surface area (TPSA) is 49.4 Å². The summed E-state index contributed by atoms with van der Waals surface area (Å²) in [4.78, 5) is 28.6. The first kappa shape index (κ1) is 22.0. The van der Waals surface area contributed by atoms with Crippen LogP contribution in [0, 0.1) is 0 Å². The van der Waals surface area contributed by atoms with Gasteiger partial charge in [-0.3, -0.25) is 9.59 Å². The largest absolute Gasteiger partial charge is 0.354 e. The Kier molecular flexibility index (Phi) is 9.63. The Bertz CT molecular complexity index is 722. The minimum Gasteiger partial charge on any atom is -0.354 e. The molecular weight excluding hydrogens is 368 g/mol. The van der Waals surface area contributed by atoms with Crippen LogP contribution in [0.2, 0.25) is 0 Å². The average molecular weight is 399 g/mol. The van der Waals surface area contributed by atoms with E-state index in [9.17, 15) is 9.59 Å². The van der Waals surface area contributed by atoms with Gasteiger partial charge in [-0.05, 0) is 30.5 Å². The second kappa shape index (κ2) is 12.2. The molecule has 2 amide bonds. The Morgan fingerprint density at radius 1 is 1.00 bits per heavy atom. The zero-order chi connectivity index (χ0) is 20.2. The fourth-order valence-electron chi connectivity index (χ4n) is 2.98. The maximum absolute atomic E-state index is 13.0. The molecule has 0 heterocycles. The highest BCUT2D eigenvalue weighted by Gasteiger charge is 2.28. The van der Waals surface area contributed by atoms with Crippen LogP contribution in [0.1, 0.15) is 38.7 Å². The summed E-state index contributed by atoms with van der Waals surface area (Å²) in [6, 6.07) is 19.5. The van der Waals surface area contributed by atoms with E-state index in [4.69, 9.17) is 0 Å². The third-order valence-corrected chi connectivity index (χ3v) is 5.47. The molecule has 0 saturated heterocycles. The summed E-state index contributed by atoms with van der Waals surface area (Å²) in [5.74, 6) is 0.649. The number of hydrogen-bond acceptors (Lipinski definition) is 3. The highest BCUT2D eigenvalue weighted by Crippen LogP contribution is 2.20. The van der Waals surface area contributed by atoms with Gasteiger partial charge in [0.15, 0.2) is 0 Å². The van der Waals surface area contributed by atoms with Crippen LogP contribution in [-0.4, -0.2) is 35.1 Å². The molecule has 0 spiro atoms. The molecule has 5 heteroatoms. The molecule has 0 radical (unpaired) electrons. The predicted molar refractivity (Wildman–Crippen MR) is 116 cm³/mol.